The van der Waals surface area contributed by atoms with Crippen molar-refractivity contribution in [3.8, 4) is 0 Å². The maximum absolute atomic E-state index is 12.6. The normalized spacial score (nSPS) is 14.2. The van der Waals surface area contributed by atoms with Gasteiger partial charge < -0.3 is 27.9 Å². The Morgan fingerprint density at radius 3 is 1.78 bits per heavy atom. The summed E-state index contributed by atoms with van der Waals surface area (Å²) in [5, 5.41) is 0. The molecule has 0 aromatic rings. The Labute approximate surface area is 278 Å². The van der Waals surface area contributed by atoms with Crippen molar-refractivity contribution in [3.63, 3.8) is 0 Å². The average molecular weight is 662 g/mol. The Hall–Kier alpha value is -0.760. The van der Waals surface area contributed by atoms with Gasteiger partial charge in [-0.25, -0.2) is 0 Å². The monoisotopic (exact) mass is 662 g/mol. The van der Waals surface area contributed by atoms with Gasteiger partial charge in [-0.15, -0.1) is 0 Å². The number of unbranched alkanes of at least 4 members (excludes halogenated alkanes) is 18. The molecule has 0 rings (SSSR count). The van der Waals surface area contributed by atoms with Crippen LogP contribution in [0.2, 0.25) is 0 Å². The third-order valence-corrected chi connectivity index (χ3v) is 8.76. The molecule has 9 heteroatoms. The number of carbonyl (C=O) groups excluding carboxylic acids is 1. The Bertz CT molecular complexity index is 741. The lowest BCUT2D eigenvalue weighted by molar-refractivity contribution is -0.870. The minimum absolute atomic E-state index is 0.0275. The number of phosphoric ester groups is 1. The fraction of sp³-hybridized carbons (Fsp3) is 0.917. The summed E-state index contributed by atoms with van der Waals surface area (Å²) in [6, 6.07) is 0. The largest absolute Gasteiger partial charge is 0.756 e. The smallest absolute Gasteiger partial charge is 0.306 e. The van der Waals surface area contributed by atoms with E-state index in [1.54, 1.807) is 0 Å². The first-order chi connectivity index (χ1) is 21.6. The fourth-order valence-corrected chi connectivity index (χ4v) is 5.63. The van der Waals surface area contributed by atoms with Crippen molar-refractivity contribution in [2.45, 2.75) is 161 Å². The summed E-state index contributed by atoms with van der Waals surface area (Å²) in [7, 11) is 1.36. The van der Waals surface area contributed by atoms with Crippen LogP contribution in [0, 0.1) is 0 Å². The van der Waals surface area contributed by atoms with Crippen molar-refractivity contribution < 1.29 is 37.3 Å². The SMILES string of the molecule is CCC/C=C\CCCCCCCCOCC(COP(=O)([O-])OCC[N+](C)(C)C)OC(=O)CCCCCCCCCCCCCC. The van der Waals surface area contributed by atoms with Crippen LogP contribution in [0.4, 0.5) is 0 Å². The summed E-state index contributed by atoms with van der Waals surface area (Å²) in [5.41, 5.74) is 0. The van der Waals surface area contributed by atoms with Gasteiger partial charge in [-0.05, 0) is 32.1 Å². The summed E-state index contributed by atoms with van der Waals surface area (Å²) in [5.74, 6) is -0.337. The number of esters is 1. The fourth-order valence-electron chi connectivity index (χ4n) is 4.90. The highest BCUT2D eigenvalue weighted by atomic mass is 31.2. The van der Waals surface area contributed by atoms with Crippen LogP contribution in [0.3, 0.4) is 0 Å². The minimum atomic E-state index is -4.51. The molecule has 0 N–H and O–H groups in total. The van der Waals surface area contributed by atoms with Crippen molar-refractivity contribution in [2.24, 2.45) is 0 Å². The number of likely N-dealkylation sites (N-methyl/N-ethyl adjacent to an activating group) is 1. The van der Waals surface area contributed by atoms with Gasteiger partial charge >= 0.3 is 5.97 Å². The van der Waals surface area contributed by atoms with E-state index in [-0.39, 0.29) is 25.8 Å². The molecule has 0 aromatic heterocycles. The van der Waals surface area contributed by atoms with Crippen LogP contribution in [-0.4, -0.2) is 70.7 Å². The molecule has 2 unspecified atom stereocenters. The predicted molar refractivity (Wildman–Crippen MR) is 185 cm³/mol. The minimum Gasteiger partial charge on any atom is -0.756 e. The zero-order chi connectivity index (χ0) is 33.5. The van der Waals surface area contributed by atoms with Crippen LogP contribution in [-0.2, 0) is 27.9 Å². The second kappa shape index (κ2) is 30.6. The van der Waals surface area contributed by atoms with E-state index in [1.807, 2.05) is 21.1 Å². The van der Waals surface area contributed by atoms with Crippen molar-refractivity contribution in [1.29, 1.82) is 0 Å². The molecule has 0 aliphatic heterocycles. The van der Waals surface area contributed by atoms with Crippen LogP contribution >= 0.6 is 7.82 Å². The first kappa shape index (κ1) is 44.2. The zero-order valence-electron chi connectivity index (χ0n) is 30.1. The molecule has 0 fully saturated rings. The highest BCUT2D eigenvalue weighted by molar-refractivity contribution is 7.45. The first-order valence-electron chi connectivity index (χ1n) is 18.4. The van der Waals surface area contributed by atoms with E-state index < -0.39 is 13.9 Å². The van der Waals surface area contributed by atoms with Gasteiger partial charge in [0.1, 0.15) is 19.3 Å². The van der Waals surface area contributed by atoms with Crippen molar-refractivity contribution >= 4 is 13.8 Å². The maximum Gasteiger partial charge on any atom is 0.306 e. The lowest BCUT2D eigenvalue weighted by atomic mass is 10.0. The number of ether oxygens (including phenoxy) is 2. The Morgan fingerprint density at radius 1 is 0.667 bits per heavy atom. The highest BCUT2D eigenvalue weighted by Gasteiger charge is 2.20. The van der Waals surface area contributed by atoms with E-state index >= 15 is 0 Å². The second-order valence-electron chi connectivity index (χ2n) is 13.6. The van der Waals surface area contributed by atoms with Gasteiger partial charge in [0.05, 0.1) is 34.4 Å². The molecule has 0 saturated carbocycles. The van der Waals surface area contributed by atoms with Crippen LogP contribution in [0.25, 0.3) is 0 Å². The summed E-state index contributed by atoms with van der Waals surface area (Å²) >= 11 is 0. The number of quaternary nitrogens is 1. The second-order valence-corrected chi connectivity index (χ2v) is 15.0. The van der Waals surface area contributed by atoms with Gasteiger partial charge in [0, 0.05) is 13.0 Å². The van der Waals surface area contributed by atoms with Gasteiger partial charge in [-0.3, -0.25) is 9.36 Å². The van der Waals surface area contributed by atoms with Crippen LogP contribution in [0.15, 0.2) is 12.2 Å². The highest BCUT2D eigenvalue weighted by Crippen LogP contribution is 2.38. The summed E-state index contributed by atoms with van der Waals surface area (Å²) < 4.78 is 34.3. The van der Waals surface area contributed by atoms with Gasteiger partial charge in [-0.2, -0.15) is 0 Å². The van der Waals surface area contributed by atoms with Gasteiger partial charge in [0.15, 0.2) is 0 Å². The van der Waals surface area contributed by atoms with E-state index in [0.717, 1.165) is 32.1 Å². The molecule has 268 valence electrons. The molecule has 0 aliphatic rings. The molecule has 0 spiro atoms. The van der Waals surface area contributed by atoms with Crippen molar-refractivity contribution in [2.75, 3.05) is 54.1 Å². The topological polar surface area (TPSA) is 94.1 Å². The molecule has 0 radical (unpaired) electrons. The number of rotatable bonds is 34. The van der Waals surface area contributed by atoms with E-state index in [4.69, 9.17) is 18.5 Å². The summed E-state index contributed by atoms with van der Waals surface area (Å²) in [4.78, 5) is 24.8. The molecule has 8 nitrogen and oxygen atoms in total. The molecule has 45 heavy (non-hydrogen) atoms. The molecule has 0 amide bonds. The number of hydrogen-bond acceptors (Lipinski definition) is 7. The average Bonchev–Trinajstić information content (AvgIpc) is 2.98. The van der Waals surface area contributed by atoms with E-state index in [1.165, 1.54) is 103 Å². The quantitative estimate of drug-likeness (QED) is 0.0223. The van der Waals surface area contributed by atoms with Gasteiger partial charge in [-0.1, -0.05) is 129 Å². The molecular weight excluding hydrogens is 589 g/mol. The standard InChI is InChI=1S/C36H72NO7P/c1-6-8-10-12-14-16-18-19-21-23-25-27-29-36(38)44-35(34-43-45(39,40)42-32-30-37(3,4)5)33-41-31-28-26-24-22-20-17-15-13-11-9-7-2/h11,13,35H,6-10,12,14-34H2,1-5H3/b13-11-. The molecule has 2 atom stereocenters. The Morgan fingerprint density at radius 2 is 1.20 bits per heavy atom. The number of nitrogens with zero attached hydrogens (tertiary/aromatic N) is 1. The molecule has 0 bridgehead atoms. The summed E-state index contributed by atoms with van der Waals surface area (Å²) in [6.45, 7) is 5.34. The molecule has 0 aromatic carbocycles. The van der Waals surface area contributed by atoms with Crippen LogP contribution in [0.5, 0.6) is 0 Å². The van der Waals surface area contributed by atoms with E-state index in [0.29, 0.717) is 24.1 Å². The summed E-state index contributed by atoms with van der Waals surface area (Å²) in [6.07, 6.45) is 29.3. The van der Waals surface area contributed by atoms with E-state index in [2.05, 4.69) is 26.0 Å². The van der Waals surface area contributed by atoms with Crippen molar-refractivity contribution in [1.82, 2.24) is 0 Å². The number of hydrogen-bond donors (Lipinski definition) is 0. The number of carbonyl (C=O) groups is 1. The third-order valence-electron chi connectivity index (χ3n) is 7.80. The Kier molecular flexibility index (Phi) is 30.0. The van der Waals surface area contributed by atoms with Crippen molar-refractivity contribution in [3.05, 3.63) is 12.2 Å². The van der Waals surface area contributed by atoms with Crippen LogP contribution < -0.4 is 4.89 Å². The molecule has 0 saturated heterocycles. The van der Waals surface area contributed by atoms with Crippen LogP contribution in [0.1, 0.15) is 155 Å². The number of phosphoric acid groups is 1. The molecular formula is C36H72NO7P. The predicted octanol–water partition coefficient (Wildman–Crippen LogP) is 9.30. The maximum atomic E-state index is 12.6. The lowest BCUT2D eigenvalue weighted by Crippen LogP contribution is -2.37. The third kappa shape index (κ3) is 34.4. The van der Waals surface area contributed by atoms with Gasteiger partial charge in [0.25, 0.3) is 7.82 Å². The van der Waals surface area contributed by atoms with Gasteiger partial charge in [0.2, 0.25) is 0 Å². The zero-order valence-corrected chi connectivity index (χ0v) is 31.0. The lowest BCUT2D eigenvalue weighted by Gasteiger charge is -2.28. The first-order valence-corrected chi connectivity index (χ1v) is 19.9. The number of allylic oxidation sites excluding steroid dienone is 2. The van der Waals surface area contributed by atoms with E-state index in [9.17, 15) is 14.3 Å². The Balaban J connectivity index is 4.31. The molecule has 0 heterocycles. The molecule has 0 aliphatic carbocycles.